The molecule has 11 atom stereocenters. The molecule has 5 aliphatic rings. The molecule has 5 rings (SSSR count). The third-order valence-corrected chi connectivity index (χ3v) is 13.6. The van der Waals surface area contributed by atoms with E-state index in [2.05, 4.69) is 54.5 Å². The zero-order valence-electron chi connectivity index (χ0n) is 23.5. The van der Waals surface area contributed by atoms with Crippen LogP contribution in [0.1, 0.15) is 99.8 Å². The quantitative estimate of drug-likeness (QED) is 0.345. The third kappa shape index (κ3) is 3.02. The van der Waals surface area contributed by atoms with Crippen LogP contribution in [0.4, 0.5) is 0 Å². The number of rotatable bonds is 1. The van der Waals surface area contributed by atoms with Crippen LogP contribution in [0, 0.1) is 56.7 Å². The van der Waals surface area contributed by atoms with Crippen LogP contribution in [0.3, 0.4) is 0 Å². The highest BCUT2D eigenvalue weighted by Crippen LogP contribution is 2.75. The molecule has 0 aliphatic heterocycles. The lowest BCUT2D eigenvalue weighted by Crippen LogP contribution is -2.66. The summed E-state index contributed by atoms with van der Waals surface area (Å²) >= 11 is 0. The predicted octanol–water partition coefficient (Wildman–Crippen LogP) is 6.15. The summed E-state index contributed by atoms with van der Waals surface area (Å²) in [5.74, 6) is 1.55. The van der Waals surface area contributed by atoms with E-state index in [0.29, 0.717) is 18.3 Å². The van der Waals surface area contributed by atoms with Crippen molar-refractivity contribution in [3.05, 3.63) is 11.6 Å². The summed E-state index contributed by atoms with van der Waals surface area (Å²) in [5.41, 5.74) is 1.28. The summed E-state index contributed by atoms with van der Waals surface area (Å²) in [6, 6.07) is 0. The SMILES string of the molecule is COC(=O)C12CCC3(C)C(=CCC4C5(C)CCC(O)C(C)(C)C5CCC43C)C1C(C)C(C)C(O)C2. The van der Waals surface area contributed by atoms with E-state index in [-0.39, 0.29) is 51.5 Å². The van der Waals surface area contributed by atoms with Gasteiger partial charge in [-0.2, -0.15) is 0 Å². The normalized spacial score (nSPS) is 54.9. The van der Waals surface area contributed by atoms with Gasteiger partial charge in [0.15, 0.2) is 0 Å². The lowest BCUT2D eigenvalue weighted by molar-refractivity contribution is -0.210. The van der Waals surface area contributed by atoms with Gasteiger partial charge in [0.2, 0.25) is 0 Å². The van der Waals surface area contributed by atoms with Crippen molar-refractivity contribution < 1.29 is 19.7 Å². The summed E-state index contributed by atoms with van der Waals surface area (Å²) < 4.78 is 5.44. The second kappa shape index (κ2) is 7.82. The Balaban J connectivity index is 1.62. The number of ether oxygens (including phenoxy) is 1. The monoisotopic (exact) mass is 486 g/mol. The minimum absolute atomic E-state index is 0.0442. The highest BCUT2D eigenvalue weighted by atomic mass is 16.5. The highest BCUT2D eigenvalue weighted by Gasteiger charge is 2.70. The summed E-state index contributed by atoms with van der Waals surface area (Å²) in [4.78, 5) is 13.4. The lowest BCUT2D eigenvalue weighted by Gasteiger charge is -2.71. The summed E-state index contributed by atoms with van der Waals surface area (Å²) in [7, 11) is 1.52. The second-order valence-electron chi connectivity index (χ2n) is 14.8. The van der Waals surface area contributed by atoms with Crippen LogP contribution in [0.5, 0.6) is 0 Å². The molecular weight excluding hydrogens is 436 g/mol. The number of hydrogen-bond donors (Lipinski definition) is 2. The van der Waals surface area contributed by atoms with Crippen molar-refractivity contribution in [2.45, 2.75) is 112 Å². The molecule has 0 radical (unpaired) electrons. The molecule has 4 nitrogen and oxygen atoms in total. The number of hydrogen-bond acceptors (Lipinski definition) is 4. The van der Waals surface area contributed by atoms with Crippen molar-refractivity contribution in [2.24, 2.45) is 56.7 Å². The number of methoxy groups -OCH3 is 1. The zero-order chi connectivity index (χ0) is 25.8. The molecule has 0 bridgehead atoms. The highest BCUT2D eigenvalue weighted by molar-refractivity contribution is 5.78. The van der Waals surface area contributed by atoms with Gasteiger partial charge in [0, 0.05) is 0 Å². The van der Waals surface area contributed by atoms with Gasteiger partial charge in [0.25, 0.3) is 0 Å². The number of fused-ring (bicyclic) bond motifs is 7. The van der Waals surface area contributed by atoms with Crippen LogP contribution in [0.25, 0.3) is 0 Å². The molecule has 0 amide bonds. The summed E-state index contributed by atoms with van der Waals surface area (Å²) in [6.07, 6.45) is 9.65. The van der Waals surface area contributed by atoms with Crippen molar-refractivity contribution in [1.82, 2.24) is 0 Å². The molecule has 0 aromatic rings. The third-order valence-electron chi connectivity index (χ3n) is 13.6. The van der Waals surface area contributed by atoms with E-state index in [1.54, 1.807) is 0 Å². The van der Waals surface area contributed by atoms with E-state index in [0.717, 1.165) is 32.1 Å². The van der Waals surface area contributed by atoms with Crippen LogP contribution in [-0.4, -0.2) is 35.5 Å². The molecule has 0 spiro atoms. The van der Waals surface area contributed by atoms with Crippen molar-refractivity contribution >= 4 is 5.97 Å². The fraction of sp³-hybridized carbons (Fsp3) is 0.903. The van der Waals surface area contributed by atoms with E-state index in [9.17, 15) is 15.0 Å². The average Bonchev–Trinajstić information content (AvgIpc) is 2.80. The van der Waals surface area contributed by atoms with E-state index >= 15 is 0 Å². The van der Waals surface area contributed by atoms with Crippen molar-refractivity contribution in [3.63, 3.8) is 0 Å². The maximum absolute atomic E-state index is 13.4. The van der Waals surface area contributed by atoms with Gasteiger partial charge < -0.3 is 14.9 Å². The molecular formula is C31H50O4. The standard InChI is InChI=1S/C31H50O4/c1-18-19(2)25-20-9-10-23-28(5)13-12-24(33)27(3,4)22(28)11-14-30(23,7)29(20,6)15-16-31(25,17-21(18)32)26(34)35-8/h9,18-19,21-25,32-33H,10-17H2,1-8H3. The van der Waals surface area contributed by atoms with Crippen molar-refractivity contribution in [3.8, 4) is 0 Å². The molecule has 4 fully saturated rings. The first-order valence-electron chi connectivity index (χ1n) is 14.4. The lowest BCUT2D eigenvalue weighted by atomic mass is 9.33. The van der Waals surface area contributed by atoms with E-state index in [4.69, 9.17) is 4.74 Å². The Hall–Kier alpha value is -0.870. The van der Waals surface area contributed by atoms with Gasteiger partial charge in [-0.05, 0) is 103 Å². The maximum Gasteiger partial charge on any atom is 0.312 e. The van der Waals surface area contributed by atoms with Gasteiger partial charge in [-0.15, -0.1) is 0 Å². The Kier molecular flexibility index (Phi) is 5.76. The Bertz CT molecular complexity index is 923. The van der Waals surface area contributed by atoms with Gasteiger partial charge >= 0.3 is 5.97 Å². The smallest absolute Gasteiger partial charge is 0.312 e. The van der Waals surface area contributed by atoms with E-state index in [1.807, 2.05) is 0 Å². The Morgan fingerprint density at radius 2 is 1.63 bits per heavy atom. The molecule has 35 heavy (non-hydrogen) atoms. The number of aliphatic hydroxyl groups excluding tert-OH is 2. The average molecular weight is 487 g/mol. The fourth-order valence-corrected chi connectivity index (χ4v) is 11.1. The first-order valence-corrected chi connectivity index (χ1v) is 14.4. The largest absolute Gasteiger partial charge is 0.469 e. The molecule has 0 aromatic heterocycles. The van der Waals surface area contributed by atoms with Gasteiger partial charge in [0.05, 0.1) is 24.7 Å². The number of allylic oxidation sites excluding steroid dienone is 2. The van der Waals surface area contributed by atoms with Gasteiger partial charge in [-0.25, -0.2) is 0 Å². The molecule has 198 valence electrons. The second-order valence-corrected chi connectivity index (χ2v) is 14.8. The first kappa shape index (κ1) is 25.8. The molecule has 0 saturated heterocycles. The molecule has 5 aliphatic carbocycles. The molecule has 2 N–H and O–H groups in total. The topological polar surface area (TPSA) is 66.8 Å². The van der Waals surface area contributed by atoms with Crippen molar-refractivity contribution in [2.75, 3.05) is 7.11 Å². The number of esters is 1. The molecule has 4 heteroatoms. The number of aliphatic hydroxyl groups is 2. The fourth-order valence-electron chi connectivity index (χ4n) is 11.1. The minimum atomic E-state index is -0.604. The molecule has 0 heterocycles. The van der Waals surface area contributed by atoms with Gasteiger partial charge in [0.1, 0.15) is 0 Å². The number of carbonyl (C=O) groups excluding carboxylic acids is 1. The molecule has 11 unspecified atom stereocenters. The van der Waals surface area contributed by atoms with Crippen LogP contribution in [0.2, 0.25) is 0 Å². The predicted molar refractivity (Wildman–Crippen MR) is 138 cm³/mol. The molecule has 0 aromatic carbocycles. The van der Waals surface area contributed by atoms with Gasteiger partial charge in [-0.3, -0.25) is 4.79 Å². The Morgan fingerprint density at radius 3 is 2.29 bits per heavy atom. The minimum Gasteiger partial charge on any atom is -0.469 e. The van der Waals surface area contributed by atoms with Crippen LogP contribution in [-0.2, 0) is 9.53 Å². The van der Waals surface area contributed by atoms with Crippen LogP contribution >= 0.6 is 0 Å². The maximum atomic E-state index is 13.4. The van der Waals surface area contributed by atoms with Gasteiger partial charge in [-0.1, -0.05) is 60.1 Å². The summed E-state index contributed by atoms with van der Waals surface area (Å²) in [5, 5.41) is 21.9. The van der Waals surface area contributed by atoms with E-state index < -0.39 is 11.5 Å². The van der Waals surface area contributed by atoms with Crippen LogP contribution in [0.15, 0.2) is 11.6 Å². The zero-order valence-corrected chi connectivity index (χ0v) is 23.5. The van der Waals surface area contributed by atoms with E-state index in [1.165, 1.54) is 25.5 Å². The summed E-state index contributed by atoms with van der Waals surface area (Å²) in [6.45, 7) is 16.7. The first-order chi connectivity index (χ1) is 16.2. The molecule has 4 saturated carbocycles. The van der Waals surface area contributed by atoms with Crippen molar-refractivity contribution in [1.29, 1.82) is 0 Å². The van der Waals surface area contributed by atoms with Crippen LogP contribution < -0.4 is 0 Å². The Labute approximate surface area is 213 Å². The Morgan fingerprint density at radius 1 is 0.943 bits per heavy atom. The number of carbonyl (C=O) groups is 1.